The third-order valence-corrected chi connectivity index (χ3v) is 7.71. The van der Waals surface area contributed by atoms with Crippen molar-refractivity contribution in [3.63, 3.8) is 0 Å². The summed E-state index contributed by atoms with van der Waals surface area (Å²) in [5.74, 6) is 1.54. The van der Waals surface area contributed by atoms with Crippen molar-refractivity contribution in [3.05, 3.63) is 23.8 Å². The quantitative estimate of drug-likeness (QED) is 0.444. The molecule has 2 aliphatic heterocycles. The van der Waals surface area contributed by atoms with Gasteiger partial charge in [-0.25, -0.2) is 0 Å². The summed E-state index contributed by atoms with van der Waals surface area (Å²) in [6.07, 6.45) is 14.8. The molecule has 0 nitrogen and oxygen atoms in total. The molecule has 2 bridgehead atoms. The van der Waals surface area contributed by atoms with E-state index in [0.29, 0.717) is 16.0 Å². The van der Waals surface area contributed by atoms with Crippen LogP contribution in [0.3, 0.4) is 0 Å². The molecule has 2 saturated heterocycles. The smallest absolute Gasteiger partial charge is 0.0806 e. The van der Waals surface area contributed by atoms with Crippen LogP contribution in [0.2, 0.25) is 10.6 Å². The van der Waals surface area contributed by atoms with Crippen molar-refractivity contribution in [2.75, 3.05) is 0 Å². The Kier molecular flexibility index (Phi) is 3.98. The summed E-state index contributed by atoms with van der Waals surface area (Å²) in [6.45, 7) is 17.2. The van der Waals surface area contributed by atoms with Gasteiger partial charge in [0, 0.05) is 0 Å². The lowest BCUT2D eigenvalue weighted by Gasteiger charge is -2.48. The molecule has 1 aliphatic carbocycles. The zero-order valence-corrected chi connectivity index (χ0v) is 16.6. The highest BCUT2D eigenvalue weighted by Crippen LogP contribution is 2.68. The standard InChI is InChI=1S/C22H37B/c1-19(2,3)17-11-10-16-9-8-12-22(20(4,5)6)14-13-21(7,23-22)18(16)15-17/h10-11,15-16,18,23H,8-9,12-14H2,1-7H3. The maximum absolute atomic E-state index is 2.69. The highest BCUT2D eigenvalue weighted by Gasteiger charge is 2.56. The molecule has 0 N–H and O–H groups in total. The minimum absolute atomic E-state index is 0.278. The third kappa shape index (κ3) is 2.87. The molecule has 0 aromatic rings. The highest BCUT2D eigenvalue weighted by molar-refractivity contribution is 6.46. The van der Waals surface area contributed by atoms with Gasteiger partial charge in [-0.1, -0.05) is 92.4 Å². The zero-order valence-electron chi connectivity index (χ0n) is 16.6. The van der Waals surface area contributed by atoms with E-state index in [9.17, 15) is 0 Å². The minimum Gasteiger partial charge on any atom is -0.0806 e. The molecule has 23 heavy (non-hydrogen) atoms. The second-order valence-corrected chi connectivity index (χ2v) is 11.2. The first-order chi connectivity index (χ1) is 10.5. The molecule has 0 spiro atoms. The van der Waals surface area contributed by atoms with Crippen LogP contribution < -0.4 is 0 Å². The molecule has 0 saturated carbocycles. The summed E-state index contributed by atoms with van der Waals surface area (Å²) in [6, 6.07) is 0. The van der Waals surface area contributed by atoms with E-state index in [1.54, 1.807) is 5.57 Å². The van der Waals surface area contributed by atoms with Crippen molar-refractivity contribution < 1.29 is 0 Å². The van der Waals surface area contributed by atoms with Crippen molar-refractivity contribution in [1.82, 2.24) is 0 Å². The molecule has 4 unspecified atom stereocenters. The summed E-state index contributed by atoms with van der Waals surface area (Å²) in [7, 11) is 1.44. The Hall–Kier alpha value is -0.455. The second kappa shape index (κ2) is 5.27. The fourth-order valence-corrected chi connectivity index (χ4v) is 5.88. The van der Waals surface area contributed by atoms with E-state index >= 15 is 0 Å². The highest BCUT2D eigenvalue weighted by atomic mass is 14.5. The van der Waals surface area contributed by atoms with Crippen LogP contribution in [0.5, 0.6) is 0 Å². The fourth-order valence-electron chi connectivity index (χ4n) is 5.88. The normalized spacial score (nSPS) is 40.7. The van der Waals surface area contributed by atoms with Gasteiger partial charge < -0.3 is 0 Å². The van der Waals surface area contributed by atoms with Gasteiger partial charge in [-0.05, 0) is 45.3 Å². The van der Waals surface area contributed by atoms with Gasteiger partial charge in [-0.3, -0.25) is 0 Å². The van der Waals surface area contributed by atoms with E-state index < -0.39 is 0 Å². The number of hydrogen-bond donors (Lipinski definition) is 0. The van der Waals surface area contributed by atoms with Crippen LogP contribution in [0, 0.1) is 22.7 Å². The maximum atomic E-state index is 2.69. The molecule has 2 fully saturated rings. The second-order valence-electron chi connectivity index (χ2n) is 11.2. The van der Waals surface area contributed by atoms with Gasteiger partial charge in [0.05, 0.1) is 0 Å². The zero-order chi connectivity index (χ0) is 17.1. The predicted molar refractivity (Wildman–Crippen MR) is 104 cm³/mol. The lowest BCUT2D eigenvalue weighted by Crippen LogP contribution is -2.39. The van der Waals surface area contributed by atoms with Crippen LogP contribution in [0.4, 0.5) is 0 Å². The van der Waals surface area contributed by atoms with Crippen LogP contribution in [-0.4, -0.2) is 7.28 Å². The first kappa shape index (κ1) is 17.4. The summed E-state index contributed by atoms with van der Waals surface area (Å²) in [5.41, 5.74) is 2.28. The van der Waals surface area contributed by atoms with Gasteiger partial charge in [0.15, 0.2) is 0 Å². The first-order valence-electron chi connectivity index (χ1n) is 9.88. The van der Waals surface area contributed by atoms with E-state index in [2.05, 4.69) is 66.7 Å². The largest absolute Gasteiger partial charge is 0.136 e. The van der Waals surface area contributed by atoms with Crippen molar-refractivity contribution >= 4 is 7.28 Å². The summed E-state index contributed by atoms with van der Waals surface area (Å²) < 4.78 is 0. The molecule has 3 rings (SSSR count). The topological polar surface area (TPSA) is 0 Å². The van der Waals surface area contributed by atoms with Crippen LogP contribution in [0.1, 0.15) is 80.6 Å². The Morgan fingerprint density at radius 3 is 2.35 bits per heavy atom. The Labute approximate surface area is 145 Å². The Bertz CT molecular complexity index is 527. The molecule has 2 heterocycles. The molecule has 4 atom stereocenters. The van der Waals surface area contributed by atoms with Crippen LogP contribution in [-0.2, 0) is 0 Å². The van der Waals surface area contributed by atoms with Crippen molar-refractivity contribution in [2.45, 2.75) is 91.2 Å². The first-order valence-corrected chi connectivity index (χ1v) is 9.88. The molecule has 1 heteroatoms. The Balaban J connectivity index is 1.98. The van der Waals surface area contributed by atoms with Gasteiger partial charge in [0.2, 0.25) is 0 Å². The van der Waals surface area contributed by atoms with E-state index in [0.717, 1.165) is 11.8 Å². The molecule has 0 radical (unpaired) electrons. The van der Waals surface area contributed by atoms with Gasteiger partial charge in [-0.15, -0.1) is 0 Å². The van der Waals surface area contributed by atoms with E-state index in [4.69, 9.17) is 0 Å². The van der Waals surface area contributed by atoms with Crippen molar-refractivity contribution in [3.8, 4) is 0 Å². The van der Waals surface area contributed by atoms with E-state index in [1.165, 1.54) is 39.4 Å². The van der Waals surface area contributed by atoms with Gasteiger partial charge >= 0.3 is 0 Å². The SMILES string of the molecule is CC(C)(C)C1=CC2C(C=C1)CCCC1(C(C)(C)C)BC2(C)CC1. The average Bonchev–Trinajstić information content (AvgIpc) is 2.78. The molecule has 0 amide bonds. The summed E-state index contributed by atoms with van der Waals surface area (Å²) >= 11 is 0. The monoisotopic (exact) mass is 312 g/mol. The van der Waals surface area contributed by atoms with Crippen molar-refractivity contribution in [2.24, 2.45) is 22.7 Å². The van der Waals surface area contributed by atoms with Crippen molar-refractivity contribution in [1.29, 1.82) is 0 Å². The molecule has 0 aromatic carbocycles. The molecule has 0 aromatic heterocycles. The lowest BCUT2D eigenvalue weighted by atomic mass is 9.33. The number of rotatable bonds is 0. The number of hydrogen-bond acceptors (Lipinski definition) is 0. The van der Waals surface area contributed by atoms with Gasteiger partial charge in [-0.2, -0.15) is 0 Å². The molecule has 128 valence electrons. The Morgan fingerprint density at radius 1 is 1.04 bits per heavy atom. The Morgan fingerprint density at radius 2 is 1.74 bits per heavy atom. The molecular formula is C22H37B. The average molecular weight is 312 g/mol. The van der Waals surface area contributed by atoms with Crippen LogP contribution >= 0.6 is 0 Å². The molecular weight excluding hydrogens is 275 g/mol. The number of allylic oxidation sites excluding steroid dienone is 4. The number of fused-ring (bicyclic) bond motifs is 4. The van der Waals surface area contributed by atoms with E-state index in [1.807, 2.05) is 0 Å². The maximum Gasteiger partial charge on any atom is 0.136 e. The lowest BCUT2D eigenvalue weighted by molar-refractivity contribution is 0.230. The summed E-state index contributed by atoms with van der Waals surface area (Å²) in [5, 5.41) is 1.07. The summed E-state index contributed by atoms with van der Waals surface area (Å²) in [4.78, 5) is 0. The third-order valence-electron chi connectivity index (χ3n) is 7.71. The molecule has 3 aliphatic rings. The van der Waals surface area contributed by atoms with Gasteiger partial charge in [0.25, 0.3) is 0 Å². The van der Waals surface area contributed by atoms with Gasteiger partial charge in [0.1, 0.15) is 7.28 Å². The predicted octanol–water partition coefficient (Wildman–Crippen LogP) is 6.56. The fraction of sp³-hybridized carbons (Fsp3) is 0.818. The minimum atomic E-state index is 0.278. The van der Waals surface area contributed by atoms with Crippen LogP contribution in [0.25, 0.3) is 0 Å². The van der Waals surface area contributed by atoms with Crippen LogP contribution in [0.15, 0.2) is 23.8 Å². The van der Waals surface area contributed by atoms with E-state index in [-0.39, 0.29) is 5.41 Å².